The van der Waals surface area contributed by atoms with Crippen LogP contribution in [0.2, 0.25) is 0 Å². The average Bonchev–Trinajstić information content (AvgIpc) is 2.77. The summed E-state index contributed by atoms with van der Waals surface area (Å²) in [6, 6.07) is 8.69. The highest BCUT2D eigenvalue weighted by molar-refractivity contribution is 5.23. The second-order valence-electron chi connectivity index (χ2n) is 4.78. The van der Waals surface area contributed by atoms with E-state index in [1.165, 1.54) is 17.8 Å². The molecule has 1 atom stereocenters. The molecule has 2 rings (SSSR count). The summed E-state index contributed by atoms with van der Waals surface area (Å²) in [5.41, 5.74) is 9.14. The molecule has 0 aliphatic heterocycles. The van der Waals surface area contributed by atoms with E-state index in [0.717, 1.165) is 24.2 Å². The smallest absolute Gasteiger partial charge is 0.123 e. The van der Waals surface area contributed by atoms with Gasteiger partial charge in [-0.05, 0) is 50.6 Å². The molecular weight excluding hydrogens is 241 g/mol. The summed E-state index contributed by atoms with van der Waals surface area (Å²) in [4.78, 5) is 0. The lowest BCUT2D eigenvalue weighted by atomic mass is 9.94. The Bertz CT molecular complexity index is 531. The summed E-state index contributed by atoms with van der Waals surface area (Å²) < 4.78 is 15.0. The number of hydrogen-bond donors (Lipinski definition) is 1. The SMILES string of the molecule is CCn1nc(C)cc1CC(CN)c1ccc(F)cc1. The van der Waals surface area contributed by atoms with Crippen molar-refractivity contribution < 1.29 is 4.39 Å². The van der Waals surface area contributed by atoms with Crippen molar-refractivity contribution in [1.29, 1.82) is 0 Å². The lowest BCUT2D eigenvalue weighted by molar-refractivity contribution is 0.581. The van der Waals surface area contributed by atoms with E-state index < -0.39 is 0 Å². The van der Waals surface area contributed by atoms with Gasteiger partial charge in [-0.3, -0.25) is 4.68 Å². The van der Waals surface area contributed by atoms with E-state index >= 15 is 0 Å². The molecule has 0 saturated heterocycles. The monoisotopic (exact) mass is 261 g/mol. The van der Waals surface area contributed by atoms with Crippen molar-refractivity contribution in [3.8, 4) is 0 Å². The molecule has 2 aromatic rings. The van der Waals surface area contributed by atoms with Gasteiger partial charge in [-0.25, -0.2) is 4.39 Å². The van der Waals surface area contributed by atoms with Crippen LogP contribution >= 0.6 is 0 Å². The quantitative estimate of drug-likeness (QED) is 0.899. The van der Waals surface area contributed by atoms with Crippen LogP contribution in [-0.2, 0) is 13.0 Å². The predicted octanol–water partition coefficient (Wildman–Crippen LogP) is 2.64. The zero-order valence-corrected chi connectivity index (χ0v) is 11.4. The Labute approximate surface area is 113 Å². The second kappa shape index (κ2) is 5.97. The third-order valence-electron chi connectivity index (χ3n) is 3.37. The van der Waals surface area contributed by atoms with Crippen LogP contribution in [-0.4, -0.2) is 16.3 Å². The molecule has 1 aromatic carbocycles. The Morgan fingerprint density at radius 2 is 2.00 bits per heavy atom. The maximum Gasteiger partial charge on any atom is 0.123 e. The molecule has 0 aliphatic carbocycles. The number of aryl methyl sites for hydroxylation is 2. The third kappa shape index (κ3) is 3.20. The molecule has 1 unspecified atom stereocenters. The molecule has 0 bridgehead atoms. The summed E-state index contributed by atoms with van der Waals surface area (Å²) in [6.45, 7) is 5.46. The van der Waals surface area contributed by atoms with Gasteiger partial charge in [0, 0.05) is 18.2 Å². The Kier molecular flexibility index (Phi) is 4.32. The number of benzene rings is 1. The molecule has 0 fully saturated rings. The molecule has 0 aliphatic rings. The summed E-state index contributed by atoms with van der Waals surface area (Å²) in [5.74, 6) is -0.0176. The number of aromatic nitrogens is 2. The van der Waals surface area contributed by atoms with Gasteiger partial charge in [0.2, 0.25) is 0 Å². The number of nitrogens with zero attached hydrogens (tertiary/aromatic N) is 2. The van der Waals surface area contributed by atoms with Crippen molar-refractivity contribution in [2.24, 2.45) is 5.73 Å². The van der Waals surface area contributed by atoms with Crippen LogP contribution in [0.5, 0.6) is 0 Å². The minimum absolute atomic E-state index is 0.196. The van der Waals surface area contributed by atoms with Crippen LogP contribution < -0.4 is 5.73 Å². The van der Waals surface area contributed by atoms with Crippen molar-refractivity contribution in [3.63, 3.8) is 0 Å². The molecule has 102 valence electrons. The van der Waals surface area contributed by atoms with Gasteiger partial charge < -0.3 is 5.73 Å². The maximum absolute atomic E-state index is 13.0. The molecular formula is C15H20FN3. The van der Waals surface area contributed by atoms with Gasteiger partial charge in [-0.1, -0.05) is 12.1 Å². The van der Waals surface area contributed by atoms with Crippen LogP contribution in [0, 0.1) is 12.7 Å². The highest BCUT2D eigenvalue weighted by Crippen LogP contribution is 2.21. The van der Waals surface area contributed by atoms with Crippen molar-refractivity contribution in [2.45, 2.75) is 32.7 Å². The first-order valence-corrected chi connectivity index (χ1v) is 6.63. The molecule has 1 heterocycles. The average molecular weight is 261 g/mol. The summed E-state index contributed by atoms with van der Waals surface area (Å²) in [7, 11) is 0. The maximum atomic E-state index is 13.0. The van der Waals surface area contributed by atoms with Crippen molar-refractivity contribution in [3.05, 3.63) is 53.1 Å². The van der Waals surface area contributed by atoms with Gasteiger partial charge >= 0.3 is 0 Å². The normalized spacial score (nSPS) is 12.6. The van der Waals surface area contributed by atoms with E-state index in [2.05, 4.69) is 18.1 Å². The van der Waals surface area contributed by atoms with Crippen molar-refractivity contribution in [2.75, 3.05) is 6.54 Å². The molecule has 0 spiro atoms. The summed E-state index contributed by atoms with van der Waals surface area (Å²) in [5, 5.41) is 4.44. The van der Waals surface area contributed by atoms with E-state index in [1.54, 1.807) is 0 Å². The first kappa shape index (κ1) is 13.7. The van der Waals surface area contributed by atoms with Gasteiger partial charge in [0.15, 0.2) is 0 Å². The number of nitrogens with two attached hydrogens (primary N) is 1. The van der Waals surface area contributed by atoms with Crippen LogP contribution in [0.15, 0.2) is 30.3 Å². The molecule has 0 radical (unpaired) electrons. The minimum atomic E-state index is -0.214. The molecule has 2 N–H and O–H groups in total. The van der Waals surface area contributed by atoms with Crippen molar-refractivity contribution in [1.82, 2.24) is 9.78 Å². The Balaban J connectivity index is 2.21. The molecule has 4 heteroatoms. The van der Waals surface area contributed by atoms with E-state index in [1.807, 2.05) is 23.7 Å². The van der Waals surface area contributed by atoms with Crippen LogP contribution in [0.25, 0.3) is 0 Å². The van der Waals surface area contributed by atoms with Gasteiger partial charge in [0.05, 0.1) is 5.69 Å². The lowest BCUT2D eigenvalue weighted by Gasteiger charge is -2.15. The largest absolute Gasteiger partial charge is 0.330 e. The Morgan fingerprint density at radius 1 is 1.32 bits per heavy atom. The first-order valence-electron chi connectivity index (χ1n) is 6.63. The number of halogens is 1. The number of hydrogen-bond acceptors (Lipinski definition) is 2. The molecule has 1 aromatic heterocycles. The first-order chi connectivity index (χ1) is 9.13. The van der Waals surface area contributed by atoms with Gasteiger partial charge in [0.25, 0.3) is 0 Å². The number of rotatable bonds is 5. The fourth-order valence-electron chi connectivity index (χ4n) is 2.36. The standard InChI is InChI=1S/C15H20FN3/c1-3-19-15(8-11(2)18-19)9-13(10-17)12-4-6-14(16)7-5-12/h4-8,13H,3,9-10,17H2,1-2H3. The van der Waals surface area contributed by atoms with Gasteiger partial charge in [-0.15, -0.1) is 0 Å². The van der Waals surface area contributed by atoms with E-state index in [0.29, 0.717) is 6.54 Å². The molecule has 19 heavy (non-hydrogen) atoms. The van der Waals surface area contributed by atoms with E-state index in [9.17, 15) is 4.39 Å². The fraction of sp³-hybridized carbons (Fsp3) is 0.400. The zero-order chi connectivity index (χ0) is 13.8. The fourth-order valence-corrected chi connectivity index (χ4v) is 2.36. The lowest BCUT2D eigenvalue weighted by Crippen LogP contribution is -2.17. The highest BCUT2D eigenvalue weighted by Gasteiger charge is 2.14. The topological polar surface area (TPSA) is 43.8 Å². The third-order valence-corrected chi connectivity index (χ3v) is 3.37. The van der Waals surface area contributed by atoms with Gasteiger partial charge in [0.1, 0.15) is 5.82 Å². The predicted molar refractivity (Wildman–Crippen MR) is 74.5 cm³/mol. The zero-order valence-electron chi connectivity index (χ0n) is 11.4. The second-order valence-corrected chi connectivity index (χ2v) is 4.78. The van der Waals surface area contributed by atoms with Gasteiger partial charge in [-0.2, -0.15) is 5.10 Å². The molecule has 3 nitrogen and oxygen atoms in total. The summed E-state index contributed by atoms with van der Waals surface area (Å²) in [6.07, 6.45) is 0.830. The Morgan fingerprint density at radius 3 is 2.58 bits per heavy atom. The summed E-state index contributed by atoms with van der Waals surface area (Å²) >= 11 is 0. The molecule has 0 amide bonds. The van der Waals surface area contributed by atoms with Crippen LogP contribution in [0.3, 0.4) is 0 Å². The van der Waals surface area contributed by atoms with E-state index in [4.69, 9.17) is 5.73 Å². The highest BCUT2D eigenvalue weighted by atomic mass is 19.1. The Hall–Kier alpha value is -1.68. The van der Waals surface area contributed by atoms with Crippen LogP contribution in [0.4, 0.5) is 4.39 Å². The minimum Gasteiger partial charge on any atom is -0.330 e. The molecule has 0 saturated carbocycles. The van der Waals surface area contributed by atoms with Crippen molar-refractivity contribution >= 4 is 0 Å². The van der Waals surface area contributed by atoms with Crippen LogP contribution in [0.1, 0.15) is 29.8 Å². The van der Waals surface area contributed by atoms with E-state index in [-0.39, 0.29) is 11.7 Å².